The Hall–Kier alpha value is -0.610. The summed E-state index contributed by atoms with van der Waals surface area (Å²) in [6.45, 7) is 7.31. The highest BCUT2D eigenvalue weighted by atomic mass is 32.1. The molecular formula is C13H19NOS2. The van der Waals surface area contributed by atoms with Crippen molar-refractivity contribution in [2.75, 3.05) is 6.61 Å². The van der Waals surface area contributed by atoms with E-state index in [9.17, 15) is 0 Å². The number of fused-ring (bicyclic) bond motifs is 1. The Balaban J connectivity index is 1.93. The fourth-order valence-corrected chi connectivity index (χ4v) is 3.95. The molecule has 17 heavy (non-hydrogen) atoms. The summed E-state index contributed by atoms with van der Waals surface area (Å²) >= 11 is 3.51. The first kappa shape index (κ1) is 12.8. The highest BCUT2D eigenvalue weighted by Crippen LogP contribution is 2.37. The van der Waals surface area contributed by atoms with Gasteiger partial charge in [-0.15, -0.1) is 11.3 Å². The highest BCUT2D eigenvalue weighted by Gasteiger charge is 2.12. The van der Waals surface area contributed by atoms with Crippen molar-refractivity contribution < 1.29 is 4.74 Å². The molecule has 0 amide bonds. The van der Waals surface area contributed by atoms with Crippen LogP contribution in [0.1, 0.15) is 42.4 Å². The lowest BCUT2D eigenvalue weighted by atomic mass is 10.2. The Kier molecular flexibility index (Phi) is 4.40. The van der Waals surface area contributed by atoms with Gasteiger partial charge in [-0.1, -0.05) is 37.5 Å². The molecule has 0 aliphatic carbocycles. The molecule has 0 atom stereocenters. The molecule has 0 fully saturated rings. The van der Waals surface area contributed by atoms with E-state index in [1.54, 1.807) is 11.3 Å². The number of nitrogens with zero attached hydrogens (tertiary/aromatic N) is 1. The van der Waals surface area contributed by atoms with E-state index >= 15 is 0 Å². The van der Waals surface area contributed by atoms with Crippen LogP contribution in [0.5, 0.6) is 5.19 Å². The van der Waals surface area contributed by atoms with Crippen molar-refractivity contribution >= 4 is 32.9 Å². The molecule has 4 heteroatoms. The largest absolute Gasteiger partial charge is 0.470 e. The maximum Gasteiger partial charge on any atom is 0.274 e. The number of thiazole rings is 1. The molecule has 0 bridgehead atoms. The average Bonchev–Trinajstić information content (AvgIpc) is 2.82. The molecule has 0 N–H and O–H groups in total. The van der Waals surface area contributed by atoms with Crippen molar-refractivity contribution in [3.05, 3.63) is 9.75 Å². The quantitative estimate of drug-likeness (QED) is 0.693. The van der Waals surface area contributed by atoms with E-state index in [1.165, 1.54) is 33.7 Å². The van der Waals surface area contributed by atoms with Crippen LogP contribution < -0.4 is 4.74 Å². The minimum absolute atomic E-state index is 0.803. The lowest BCUT2D eigenvalue weighted by Gasteiger charge is -2.00. The van der Waals surface area contributed by atoms with Crippen LogP contribution in [-0.2, 0) is 0 Å². The van der Waals surface area contributed by atoms with Crippen LogP contribution in [0.3, 0.4) is 0 Å². The molecule has 0 saturated heterocycles. The van der Waals surface area contributed by atoms with Crippen molar-refractivity contribution in [1.82, 2.24) is 4.98 Å². The van der Waals surface area contributed by atoms with E-state index in [4.69, 9.17) is 4.74 Å². The van der Waals surface area contributed by atoms with Crippen molar-refractivity contribution in [1.29, 1.82) is 0 Å². The molecular weight excluding hydrogens is 250 g/mol. The average molecular weight is 269 g/mol. The molecule has 2 nitrogen and oxygen atoms in total. The SMILES string of the molecule is CCCCCCOc1nc2c(C)sc(C)c2s1. The van der Waals surface area contributed by atoms with Gasteiger partial charge < -0.3 is 4.74 Å². The first-order valence-electron chi connectivity index (χ1n) is 6.21. The number of hydrogen-bond donors (Lipinski definition) is 0. The van der Waals surface area contributed by atoms with Crippen LogP contribution in [0.25, 0.3) is 10.2 Å². The van der Waals surface area contributed by atoms with E-state index in [0.717, 1.165) is 23.7 Å². The molecule has 2 rings (SSSR count). The lowest BCUT2D eigenvalue weighted by molar-refractivity contribution is 0.304. The molecule has 0 unspecified atom stereocenters. The number of aromatic nitrogens is 1. The topological polar surface area (TPSA) is 22.1 Å². The molecule has 0 radical (unpaired) electrons. The van der Waals surface area contributed by atoms with Gasteiger partial charge in [0.1, 0.15) is 0 Å². The van der Waals surface area contributed by atoms with E-state index in [0.29, 0.717) is 0 Å². The van der Waals surface area contributed by atoms with Gasteiger partial charge in [-0.05, 0) is 20.3 Å². The second kappa shape index (κ2) is 5.83. The lowest BCUT2D eigenvalue weighted by Crippen LogP contribution is -1.96. The van der Waals surface area contributed by atoms with Crippen molar-refractivity contribution in [3.63, 3.8) is 0 Å². The Morgan fingerprint density at radius 2 is 1.88 bits per heavy atom. The van der Waals surface area contributed by atoms with Gasteiger partial charge in [0.2, 0.25) is 0 Å². The van der Waals surface area contributed by atoms with E-state index in [1.807, 2.05) is 11.3 Å². The van der Waals surface area contributed by atoms with Crippen LogP contribution in [0.4, 0.5) is 0 Å². The molecule has 2 heterocycles. The number of unbranched alkanes of at least 4 members (excludes halogenated alkanes) is 3. The Bertz CT molecular complexity index is 452. The standard InChI is InChI=1S/C13H19NOS2/c1-4-5-6-7-8-15-13-14-11-9(2)16-10(3)12(11)17-13/h4-8H2,1-3H3. The molecule has 2 aromatic rings. The van der Waals surface area contributed by atoms with Crippen molar-refractivity contribution in [3.8, 4) is 5.19 Å². The number of thiophene rings is 1. The summed E-state index contributed by atoms with van der Waals surface area (Å²) in [6, 6.07) is 0. The molecule has 0 saturated carbocycles. The van der Waals surface area contributed by atoms with E-state index in [-0.39, 0.29) is 0 Å². The van der Waals surface area contributed by atoms with E-state index in [2.05, 4.69) is 25.8 Å². The Morgan fingerprint density at radius 3 is 2.59 bits per heavy atom. The Labute approximate surface area is 111 Å². The molecule has 0 aliphatic heterocycles. The number of rotatable bonds is 6. The summed E-state index contributed by atoms with van der Waals surface area (Å²) in [6.07, 6.45) is 4.96. The number of ether oxygens (including phenoxy) is 1. The van der Waals surface area contributed by atoms with Crippen LogP contribution >= 0.6 is 22.7 Å². The molecule has 94 valence electrons. The van der Waals surface area contributed by atoms with Gasteiger partial charge in [0.25, 0.3) is 5.19 Å². The first-order valence-corrected chi connectivity index (χ1v) is 7.85. The van der Waals surface area contributed by atoms with Gasteiger partial charge in [-0.25, -0.2) is 4.98 Å². The molecule has 0 spiro atoms. The van der Waals surface area contributed by atoms with Crippen molar-refractivity contribution in [2.24, 2.45) is 0 Å². The summed E-state index contributed by atoms with van der Waals surface area (Å²) < 4.78 is 7.02. The first-order chi connectivity index (χ1) is 8.22. The predicted molar refractivity (Wildman–Crippen MR) is 76.6 cm³/mol. The minimum atomic E-state index is 0.803. The van der Waals surface area contributed by atoms with Crippen LogP contribution in [0.2, 0.25) is 0 Å². The van der Waals surface area contributed by atoms with E-state index < -0.39 is 0 Å². The summed E-state index contributed by atoms with van der Waals surface area (Å²) in [5.74, 6) is 0. The second-order valence-electron chi connectivity index (χ2n) is 4.28. The summed E-state index contributed by atoms with van der Waals surface area (Å²) in [5, 5.41) is 0.838. The van der Waals surface area contributed by atoms with Gasteiger partial charge in [0.05, 0.1) is 16.8 Å². The second-order valence-corrected chi connectivity index (χ2v) is 6.67. The zero-order valence-corrected chi connectivity index (χ0v) is 12.3. The third-order valence-corrected chi connectivity index (χ3v) is 5.02. The van der Waals surface area contributed by atoms with Gasteiger partial charge in [0, 0.05) is 9.75 Å². The fraction of sp³-hybridized carbons (Fsp3) is 0.615. The molecule has 2 aromatic heterocycles. The summed E-state index contributed by atoms with van der Waals surface area (Å²) in [5.41, 5.74) is 1.14. The maximum atomic E-state index is 5.72. The Morgan fingerprint density at radius 1 is 1.06 bits per heavy atom. The summed E-state index contributed by atoms with van der Waals surface area (Å²) in [7, 11) is 0. The maximum absolute atomic E-state index is 5.72. The normalized spacial score (nSPS) is 11.2. The van der Waals surface area contributed by atoms with Crippen molar-refractivity contribution in [2.45, 2.75) is 46.5 Å². The molecule has 0 aliphatic rings. The van der Waals surface area contributed by atoms with Gasteiger partial charge in [-0.2, -0.15) is 0 Å². The minimum Gasteiger partial charge on any atom is -0.470 e. The fourth-order valence-electron chi connectivity index (χ4n) is 1.85. The zero-order chi connectivity index (χ0) is 12.3. The predicted octanol–water partition coefficient (Wildman–Crippen LogP) is 4.93. The monoisotopic (exact) mass is 269 g/mol. The number of aryl methyl sites for hydroxylation is 2. The van der Waals surface area contributed by atoms with Gasteiger partial charge >= 0.3 is 0 Å². The van der Waals surface area contributed by atoms with Crippen LogP contribution in [-0.4, -0.2) is 11.6 Å². The third-order valence-electron chi connectivity index (χ3n) is 2.79. The van der Waals surface area contributed by atoms with Crippen LogP contribution in [0.15, 0.2) is 0 Å². The highest BCUT2D eigenvalue weighted by molar-refractivity contribution is 7.25. The van der Waals surface area contributed by atoms with Crippen LogP contribution in [0, 0.1) is 13.8 Å². The third kappa shape index (κ3) is 2.99. The van der Waals surface area contributed by atoms with Gasteiger partial charge in [-0.3, -0.25) is 0 Å². The summed E-state index contributed by atoms with van der Waals surface area (Å²) in [4.78, 5) is 7.22. The smallest absolute Gasteiger partial charge is 0.274 e. The number of hydrogen-bond acceptors (Lipinski definition) is 4. The zero-order valence-electron chi connectivity index (χ0n) is 10.7. The molecule has 0 aromatic carbocycles. The van der Waals surface area contributed by atoms with Gasteiger partial charge in [0.15, 0.2) is 0 Å².